The van der Waals surface area contributed by atoms with Gasteiger partial charge in [0.15, 0.2) is 0 Å². The van der Waals surface area contributed by atoms with Crippen LogP contribution in [0.4, 0.5) is 0 Å². The summed E-state index contributed by atoms with van der Waals surface area (Å²) in [5.74, 6) is 0.174. The van der Waals surface area contributed by atoms with Gasteiger partial charge in [-0.25, -0.2) is 0 Å². The molecule has 0 aromatic carbocycles. The highest BCUT2D eigenvalue weighted by molar-refractivity contribution is 7.86. The second-order valence-corrected chi connectivity index (χ2v) is 7.00. The van der Waals surface area contributed by atoms with E-state index in [0.717, 1.165) is 12.8 Å². The molecule has 118 valence electrons. The first-order valence-corrected chi connectivity index (χ1v) is 8.17. The van der Waals surface area contributed by atoms with Crippen LogP contribution < -0.4 is 0 Å². The summed E-state index contributed by atoms with van der Waals surface area (Å²) in [5.41, 5.74) is 0. The number of nitrogens with zero attached hydrogens (tertiary/aromatic N) is 2. The Balaban J connectivity index is 2.05. The Hall–Kier alpha value is -1.38. The van der Waals surface area contributed by atoms with Crippen molar-refractivity contribution in [1.82, 2.24) is 8.61 Å². The predicted molar refractivity (Wildman–Crippen MR) is 75.5 cm³/mol. The van der Waals surface area contributed by atoms with E-state index < -0.39 is 16.2 Å². The van der Waals surface area contributed by atoms with Crippen molar-refractivity contribution in [2.24, 2.45) is 0 Å². The van der Waals surface area contributed by atoms with Gasteiger partial charge in [-0.2, -0.15) is 17.0 Å². The van der Waals surface area contributed by atoms with Crippen LogP contribution in [-0.2, 0) is 26.3 Å². The number of rotatable bonds is 8. The van der Waals surface area contributed by atoms with Crippen LogP contribution in [0.2, 0.25) is 0 Å². The molecule has 1 aliphatic rings. The molecule has 1 aliphatic carbocycles. The molecule has 0 amide bonds. The topological polar surface area (TPSA) is 80.1 Å². The SMILES string of the molecule is COC(=O)CCN(C)S(=O)(=O)N(Cc1ccco1)C1CC1. The third-order valence-electron chi connectivity index (χ3n) is 3.39. The molecule has 1 heterocycles. The molecule has 7 nitrogen and oxygen atoms in total. The third kappa shape index (κ3) is 4.05. The van der Waals surface area contributed by atoms with Crippen LogP contribution in [0.25, 0.3) is 0 Å². The molecule has 0 bridgehead atoms. The fourth-order valence-electron chi connectivity index (χ4n) is 1.96. The molecular formula is C13H20N2O5S. The molecule has 0 unspecified atom stereocenters. The summed E-state index contributed by atoms with van der Waals surface area (Å²) in [5, 5.41) is 0. The maximum atomic E-state index is 12.6. The van der Waals surface area contributed by atoms with Crippen LogP contribution in [0.15, 0.2) is 22.8 Å². The van der Waals surface area contributed by atoms with E-state index in [1.54, 1.807) is 12.1 Å². The maximum Gasteiger partial charge on any atom is 0.306 e. The number of carbonyl (C=O) groups excluding carboxylic acids is 1. The van der Waals surface area contributed by atoms with Gasteiger partial charge in [-0.05, 0) is 25.0 Å². The second-order valence-electron chi connectivity index (χ2n) is 5.01. The van der Waals surface area contributed by atoms with Crippen LogP contribution in [0.1, 0.15) is 25.0 Å². The Bertz CT molecular complexity index is 565. The Kier molecular flexibility index (Phi) is 5.02. The van der Waals surface area contributed by atoms with Crippen molar-refractivity contribution in [3.05, 3.63) is 24.2 Å². The molecule has 1 aromatic rings. The van der Waals surface area contributed by atoms with Crippen LogP contribution in [0, 0.1) is 0 Å². The van der Waals surface area contributed by atoms with E-state index in [9.17, 15) is 13.2 Å². The van der Waals surface area contributed by atoms with Crippen molar-refractivity contribution in [2.75, 3.05) is 20.7 Å². The van der Waals surface area contributed by atoms with E-state index in [1.165, 1.54) is 29.0 Å². The minimum absolute atomic E-state index is 0.0145. The first-order valence-electron chi connectivity index (χ1n) is 6.77. The fourth-order valence-corrected chi connectivity index (χ4v) is 3.52. The zero-order valence-electron chi connectivity index (χ0n) is 12.2. The molecule has 0 saturated heterocycles. The van der Waals surface area contributed by atoms with Crippen LogP contribution in [0.5, 0.6) is 0 Å². The highest BCUT2D eigenvalue weighted by Gasteiger charge is 2.39. The van der Waals surface area contributed by atoms with Crippen molar-refractivity contribution in [2.45, 2.75) is 31.8 Å². The fraction of sp³-hybridized carbons (Fsp3) is 0.615. The van der Waals surface area contributed by atoms with Crippen LogP contribution in [-0.4, -0.2) is 49.7 Å². The summed E-state index contributed by atoms with van der Waals surface area (Å²) in [6.07, 6.45) is 3.26. The van der Waals surface area contributed by atoms with Gasteiger partial charge in [0.2, 0.25) is 0 Å². The standard InChI is InChI=1S/C13H20N2O5S/c1-14(8-7-13(16)19-2)21(17,18)15(11-5-6-11)10-12-4-3-9-20-12/h3-4,9,11H,5-8,10H2,1-2H3. The predicted octanol–water partition coefficient (Wildman–Crippen LogP) is 0.984. The van der Waals surface area contributed by atoms with E-state index in [-0.39, 0.29) is 25.6 Å². The van der Waals surface area contributed by atoms with Crippen molar-refractivity contribution in [3.63, 3.8) is 0 Å². The Morgan fingerprint density at radius 1 is 1.48 bits per heavy atom. The smallest absolute Gasteiger partial charge is 0.306 e. The van der Waals surface area contributed by atoms with Gasteiger partial charge in [0.25, 0.3) is 10.2 Å². The van der Waals surface area contributed by atoms with Gasteiger partial charge >= 0.3 is 5.97 Å². The third-order valence-corrected chi connectivity index (χ3v) is 5.38. The first-order chi connectivity index (χ1) is 9.95. The molecular weight excluding hydrogens is 296 g/mol. The lowest BCUT2D eigenvalue weighted by molar-refractivity contribution is -0.140. The van der Waals surface area contributed by atoms with Gasteiger partial charge in [0, 0.05) is 19.6 Å². The van der Waals surface area contributed by atoms with Crippen molar-refractivity contribution in [3.8, 4) is 0 Å². The lowest BCUT2D eigenvalue weighted by Crippen LogP contribution is -2.43. The van der Waals surface area contributed by atoms with Gasteiger partial charge in [-0.1, -0.05) is 0 Å². The summed E-state index contributed by atoms with van der Waals surface area (Å²) in [7, 11) is -0.869. The largest absolute Gasteiger partial charge is 0.469 e. The van der Waals surface area contributed by atoms with Crippen LogP contribution in [0.3, 0.4) is 0 Å². The lowest BCUT2D eigenvalue weighted by Gasteiger charge is -2.26. The van der Waals surface area contributed by atoms with Crippen LogP contribution >= 0.6 is 0 Å². The summed E-state index contributed by atoms with van der Waals surface area (Å²) in [6.45, 7) is 0.305. The van der Waals surface area contributed by atoms with Crippen molar-refractivity contribution >= 4 is 16.2 Å². The van der Waals surface area contributed by atoms with Gasteiger partial charge in [-0.3, -0.25) is 4.79 Å². The minimum Gasteiger partial charge on any atom is -0.469 e. The molecule has 0 spiro atoms. The van der Waals surface area contributed by atoms with E-state index in [0.29, 0.717) is 5.76 Å². The summed E-state index contributed by atoms with van der Waals surface area (Å²) in [6, 6.07) is 3.49. The van der Waals surface area contributed by atoms with Crippen molar-refractivity contribution < 1.29 is 22.4 Å². The summed E-state index contributed by atoms with van der Waals surface area (Å²) < 4.78 is 37.6. The average Bonchev–Trinajstić information content (AvgIpc) is 3.17. The molecule has 0 radical (unpaired) electrons. The molecule has 1 aromatic heterocycles. The summed E-state index contributed by atoms with van der Waals surface area (Å²) in [4.78, 5) is 11.1. The number of esters is 1. The molecule has 0 atom stereocenters. The zero-order valence-corrected chi connectivity index (χ0v) is 13.0. The van der Waals surface area contributed by atoms with E-state index in [4.69, 9.17) is 4.42 Å². The molecule has 2 rings (SSSR count). The number of methoxy groups -OCH3 is 1. The molecule has 1 fully saturated rings. The zero-order chi connectivity index (χ0) is 15.5. The molecule has 1 saturated carbocycles. The number of furan rings is 1. The van der Waals surface area contributed by atoms with Gasteiger partial charge in [0.1, 0.15) is 5.76 Å². The van der Waals surface area contributed by atoms with Gasteiger partial charge < -0.3 is 9.15 Å². The monoisotopic (exact) mass is 316 g/mol. The van der Waals surface area contributed by atoms with Crippen molar-refractivity contribution in [1.29, 1.82) is 0 Å². The summed E-state index contributed by atoms with van der Waals surface area (Å²) >= 11 is 0. The number of ether oxygens (including phenoxy) is 1. The molecule has 0 aliphatic heterocycles. The number of hydrogen-bond acceptors (Lipinski definition) is 5. The highest BCUT2D eigenvalue weighted by atomic mass is 32.2. The molecule has 21 heavy (non-hydrogen) atoms. The quantitative estimate of drug-likeness (QED) is 0.668. The van der Waals surface area contributed by atoms with E-state index >= 15 is 0 Å². The Morgan fingerprint density at radius 2 is 2.19 bits per heavy atom. The first kappa shape index (κ1) is 16.0. The Morgan fingerprint density at radius 3 is 2.71 bits per heavy atom. The van der Waals surface area contributed by atoms with Gasteiger partial charge in [-0.15, -0.1) is 0 Å². The second kappa shape index (κ2) is 6.59. The Labute approximate surface area is 124 Å². The highest BCUT2D eigenvalue weighted by Crippen LogP contribution is 2.31. The minimum atomic E-state index is -3.62. The average molecular weight is 316 g/mol. The van der Waals surface area contributed by atoms with E-state index in [2.05, 4.69) is 4.74 Å². The maximum absolute atomic E-state index is 12.6. The van der Waals surface area contributed by atoms with E-state index in [1.807, 2.05) is 0 Å². The van der Waals surface area contributed by atoms with Gasteiger partial charge in [0.05, 0.1) is 26.3 Å². The lowest BCUT2D eigenvalue weighted by atomic mass is 10.4. The molecule has 0 N–H and O–H groups in total. The normalized spacial score (nSPS) is 15.6. The number of hydrogen-bond donors (Lipinski definition) is 0. The molecule has 8 heteroatoms. The number of carbonyl (C=O) groups is 1.